The van der Waals surface area contributed by atoms with Crippen molar-refractivity contribution in [1.29, 1.82) is 0 Å². The van der Waals surface area contributed by atoms with Gasteiger partial charge in [-0.25, -0.2) is 6.57 Å². The molecule has 0 aromatic heterocycles. The fourth-order valence-electron chi connectivity index (χ4n) is 4.89. The molecule has 4 nitrogen and oxygen atoms in total. The minimum Gasteiger partial charge on any atom is -0.496 e. The molecule has 4 heteroatoms. The number of methoxy groups -OCH3 is 1. The molecule has 0 aliphatic heterocycles. The van der Waals surface area contributed by atoms with Crippen molar-refractivity contribution in [3.8, 4) is 5.75 Å². The van der Waals surface area contributed by atoms with Crippen LogP contribution in [0.15, 0.2) is 60.7 Å². The highest BCUT2D eigenvalue weighted by Gasteiger charge is 2.08. The second-order valence-electron chi connectivity index (χ2n) is 10.5. The number of rotatable bonds is 16. The van der Waals surface area contributed by atoms with E-state index in [2.05, 4.69) is 127 Å². The van der Waals surface area contributed by atoms with Crippen molar-refractivity contribution in [1.82, 2.24) is 0 Å². The molecule has 0 heterocycles. The van der Waals surface area contributed by atoms with Gasteiger partial charge in [-0.2, -0.15) is 0 Å². The number of anilines is 2. The van der Waals surface area contributed by atoms with Crippen molar-refractivity contribution in [3.05, 3.63) is 99.9 Å². The fraction of sp³-hybridized carbons (Fsp3) is 0.378. The lowest BCUT2D eigenvalue weighted by Gasteiger charge is -2.24. The molecule has 0 aliphatic rings. The maximum atomic E-state index is 7.06. The molecule has 0 aliphatic carbocycles. The molecule has 0 unspecified atom stereocenters. The molecule has 0 bridgehead atoms. The molecule has 3 rings (SSSR count). The summed E-state index contributed by atoms with van der Waals surface area (Å²) in [6, 6.07) is 21.8. The quantitative estimate of drug-likeness (QED) is 0.131. The van der Waals surface area contributed by atoms with Crippen LogP contribution in [-0.4, -0.2) is 39.8 Å². The van der Waals surface area contributed by atoms with Gasteiger partial charge in [0.1, 0.15) is 5.75 Å². The molecule has 0 N–H and O–H groups in total. The van der Waals surface area contributed by atoms with Crippen molar-refractivity contribution in [3.63, 3.8) is 0 Å². The molecule has 0 radical (unpaired) electrons. The summed E-state index contributed by atoms with van der Waals surface area (Å²) in [5.74, 6) is 0.863. The van der Waals surface area contributed by atoms with Gasteiger partial charge in [0.05, 0.1) is 13.7 Å². The van der Waals surface area contributed by atoms with Crippen LogP contribution in [0.5, 0.6) is 5.75 Å². The summed E-state index contributed by atoms with van der Waals surface area (Å²) in [5, 5.41) is 0. The standard InChI is InChI=1S/C37H47N3O/c1-7-10-25-40(26-11-8-2)36-22-16-32(17-23-36)13-19-34-28-30(4)33(29-37(34)41-6)18-12-31-14-20-35(21-15-31)39(9-3)27-24-38-5/h12-23,28-29H,7-11,24-27H2,1-4,6H3/b18-12+,19-13+. The molecule has 216 valence electrons. The summed E-state index contributed by atoms with van der Waals surface area (Å²) in [6.45, 7) is 20.3. The average molecular weight is 550 g/mol. The number of nitrogens with zero attached hydrogens (tertiary/aromatic N) is 3. The third-order valence-corrected chi connectivity index (χ3v) is 7.47. The SMILES string of the molecule is [C-]#[N+]CCN(CC)c1ccc(/C=C/c2cc(OC)c(/C=C/c3ccc(N(CCCC)CCCC)cc3)cc2C)cc1. The van der Waals surface area contributed by atoms with Gasteiger partial charge in [-0.3, -0.25) is 0 Å². The Morgan fingerprint density at radius 1 is 0.707 bits per heavy atom. The van der Waals surface area contributed by atoms with Crippen molar-refractivity contribution >= 4 is 35.7 Å². The van der Waals surface area contributed by atoms with E-state index in [1.807, 2.05) is 0 Å². The molecule has 0 amide bonds. The van der Waals surface area contributed by atoms with Crippen LogP contribution in [0, 0.1) is 13.5 Å². The van der Waals surface area contributed by atoms with Gasteiger partial charge >= 0.3 is 0 Å². The summed E-state index contributed by atoms with van der Waals surface area (Å²) in [6.07, 6.45) is 13.5. The van der Waals surface area contributed by atoms with Crippen LogP contribution in [-0.2, 0) is 0 Å². The molecule has 0 saturated heterocycles. The minimum atomic E-state index is 0.519. The molecule has 0 spiro atoms. The van der Waals surface area contributed by atoms with Crippen LogP contribution in [0.1, 0.15) is 74.3 Å². The van der Waals surface area contributed by atoms with Gasteiger partial charge in [-0.15, -0.1) is 0 Å². The molecule has 3 aromatic rings. The van der Waals surface area contributed by atoms with Crippen molar-refractivity contribution < 1.29 is 4.74 Å². The highest BCUT2D eigenvalue weighted by Crippen LogP contribution is 2.28. The van der Waals surface area contributed by atoms with Crippen LogP contribution in [0.3, 0.4) is 0 Å². The van der Waals surface area contributed by atoms with E-state index in [0.29, 0.717) is 6.54 Å². The van der Waals surface area contributed by atoms with Crippen molar-refractivity contribution in [2.45, 2.75) is 53.4 Å². The van der Waals surface area contributed by atoms with E-state index < -0.39 is 0 Å². The first-order chi connectivity index (χ1) is 20.0. The van der Waals surface area contributed by atoms with Crippen LogP contribution < -0.4 is 14.5 Å². The highest BCUT2D eigenvalue weighted by atomic mass is 16.5. The van der Waals surface area contributed by atoms with E-state index in [4.69, 9.17) is 11.3 Å². The summed E-state index contributed by atoms with van der Waals surface area (Å²) < 4.78 is 5.78. The Morgan fingerprint density at radius 3 is 1.73 bits per heavy atom. The van der Waals surface area contributed by atoms with E-state index in [-0.39, 0.29) is 0 Å². The van der Waals surface area contributed by atoms with Crippen LogP contribution >= 0.6 is 0 Å². The number of benzene rings is 3. The molecule has 3 aromatic carbocycles. The lowest BCUT2D eigenvalue weighted by molar-refractivity contribution is 0.413. The van der Waals surface area contributed by atoms with Gasteiger partial charge in [0.2, 0.25) is 6.54 Å². The summed E-state index contributed by atoms with van der Waals surface area (Å²) in [7, 11) is 1.73. The first-order valence-corrected chi connectivity index (χ1v) is 15.1. The molecule has 41 heavy (non-hydrogen) atoms. The van der Waals surface area contributed by atoms with Crippen LogP contribution in [0.4, 0.5) is 11.4 Å². The molecule has 0 saturated carbocycles. The zero-order valence-electron chi connectivity index (χ0n) is 25.7. The van der Waals surface area contributed by atoms with Gasteiger partial charge in [-0.05, 0) is 85.3 Å². The summed E-state index contributed by atoms with van der Waals surface area (Å²) in [4.78, 5) is 8.24. The smallest absolute Gasteiger partial charge is 0.231 e. The third kappa shape index (κ3) is 9.57. The topological polar surface area (TPSA) is 20.1 Å². The largest absolute Gasteiger partial charge is 0.496 e. The van der Waals surface area contributed by atoms with Gasteiger partial charge in [0.25, 0.3) is 0 Å². The minimum absolute atomic E-state index is 0.519. The second-order valence-corrected chi connectivity index (χ2v) is 10.5. The fourth-order valence-corrected chi connectivity index (χ4v) is 4.89. The monoisotopic (exact) mass is 549 g/mol. The number of unbranched alkanes of at least 4 members (excludes halogenated alkanes) is 2. The Labute approximate surface area is 248 Å². The first kappa shape index (κ1) is 31.6. The predicted octanol–water partition coefficient (Wildman–Crippen LogP) is 9.50. The lowest BCUT2D eigenvalue weighted by Crippen LogP contribution is -2.25. The van der Waals surface area contributed by atoms with E-state index in [9.17, 15) is 0 Å². The Bertz CT molecular complexity index is 1290. The zero-order valence-corrected chi connectivity index (χ0v) is 25.7. The number of aryl methyl sites for hydroxylation is 1. The maximum Gasteiger partial charge on any atom is 0.231 e. The van der Waals surface area contributed by atoms with E-state index in [0.717, 1.165) is 54.3 Å². The Morgan fingerprint density at radius 2 is 1.24 bits per heavy atom. The highest BCUT2D eigenvalue weighted by molar-refractivity contribution is 5.78. The molecular formula is C37H47N3O. The average Bonchev–Trinajstić information content (AvgIpc) is 3.01. The Balaban J connectivity index is 1.72. The Kier molecular flexibility index (Phi) is 13.1. The van der Waals surface area contributed by atoms with E-state index in [1.165, 1.54) is 42.5 Å². The molecular weight excluding hydrogens is 502 g/mol. The predicted molar refractivity (Wildman–Crippen MR) is 180 cm³/mol. The van der Waals surface area contributed by atoms with Gasteiger partial charge in [0, 0.05) is 36.6 Å². The third-order valence-electron chi connectivity index (χ3n) is 7.47. The van der Waals surface area contributed by atoms with E-state index >= 15 is 0 Å². The van der Waals surface area contributed by atoms with Crippen molar-refractivity contribution in [2.75, 3.05) is 49.6 Å². The number of ether oxygens (including phenoxy) is 1. The Hall–Kier alpha value is -3.97. The molecule has 0 atom stereocenters. The summed E-state index contributed by atoms with van der Waals surface area (Å²) >= 11 is 0. The van der Waals surface area contributed by atoms with Crippen LogP contribution in [0.25, 0.3) is 29.1 Å². The summed E-state index contributed by atoms with van der Waals surface area (Å²) in [5.41, 5.74) is 8.20. The zero-order chi connectivity index (χ0) is 29.5. The number of likely N-dealkylation sites (N-methyl/N-ethyl adjacent to an activating group) is 1. The maximum absolute atomic E-state index is 7.06. The number of hydrogen-bond acceptors (Lipinski definition) is 3. The van der Waals surface area contributed by atoms with Gasteiger partial charge in [-0.1, -0.05) is 75.3 Å². The number of hydrogen-bond donors (Lipinski definition) is 0. The first-order valence-electron chi connectivity index (χ1n) is 15.1. The molecule has 0 fully saturated rings. The van der Waals surface area contributed by atoms with E-state index in [1.54, 1.807) is 7.11 Å². The van der Waals surface area contributed by atoms with Crippen LogP contribution in [0.2, 0.25) is 0 Å². The normalized spacial score (nSPS) is 11.2. The lowest BCUT2D eigenvalue weighted by atomic mass is 10.0. The van der Waals surface area contributed by atoms with Crippen molar-refractivity contribution in [2.24, 2.45) is 0 Å². The second kappa shape index (κ2) is 17.0. The van der Waals surface area contributed by atoms with Gasteiger partial charge in [0.15, 0.2) is 0 Å². The van der Waals surface area contributed by atoms with Gasteiger partial charge < -0.3 is 19.4 Å².